The molecule has 0 spiro atoms. The van der Waals surface area contributed by atoms with Gasteiger partial charge in [0.05, 0.1) is 6.61 Å². The smallest absolute Gasteiger partial charge is 0.413 e. The second kappa shape index (κ2) is 8.75. The van der Waals surface area contributed by atoms with Gasteiger partial charge in [0.1, 0.15) is 6.33 Å². The Kier molecular flexibility index (Phi) is 5.94. The average molecular weight is 385 g/mol. The molecule has 0 fully saturated rings. The summed E-state index contributed by atoms with van der Waals surface area (Å²) in [6, 6.07) is 6.84. The Morgan fingerprint density at radius 1 is 1.29 bits per heavy atom. The number of hydrogen-bond acceptors (Lipinski definition) is 8. The lowest BCUT2D eigenvalue weighted by Crippen LogP contribution is -2.26. The summed E-state index contributed by atoms with van der Waals surface area (Å²) in [6.45, 7) is 2.05. The SMILES string of the molecule is CCOC(=O)N(C)c1ccc(NC(=O)CCc2nc(-c3ncn[nH]3)no2)cc1. The van der Waals surface area contributed by atoms with E-state index in [4.69, 9.17) is 9.26 Å². The van der Waals surface area contributed by atoms with Crippen molar-refractivity contribution in [2.24, 2.45) is 0 Å². The van der Waals surface area contributed by atoms with Gasteiger partial charge < -0.3 is 14.6 Å². The third-order valence-corrected chi connectivity index (χ3v) is 3.74. The van der Waals surface area contributed by atoms with E-state index in [1.165, 1.54) is 11.2 Å². The molecule has 0 aliphatic carbocycles. The van der Waals surface area contributed by atoms with Gasteiger partial charge in [0.25, 0.3) is 0 Å². The molecule has 146 valence electrons. The van der Waals surface area contributed by atoms with Gasteiger partial charge in [-0.1, -0.05) is 5.16 Å². The van der Waals surface area contributed by atoms with Gasteiger partial charge in [-0.3, -0.25) is 14.8 Å². The van der Waals surface area contributed by atoms with Crippen molar-refractivity contribution in [1.82, 2.24) is 25.3 Å². The predicted octanol–water partition coefficient (Wildman–Crippen LogP) is 2.02. The molecule has 0 aliphatic heterocycles. The van der Waals surface area contributed by atoms with Gasteiger partial charge in [0.15, 0.2) is 5.82 Å². The minimum Gasteiger partial charge on any atom is -0.449 e. The van der Waals surface area contributed by atoms with Crippen LogP contribution in [0, 0.1) is 0 Å². The minimum atomic E-state index is -0.441. The summed E-state index contributed by atoms with van der Waals surface area (Å²) in [7, 11) is 1.61. The van der Waals surface area contributed by atoms with Crippen LogP contribution in [0.5, 0.6) is 0 Å². The first-order chi connectivity index (χ1) is 13.6. The molecular formula is C17H19N7O4. The summed E-state index contributed by atoms with van der Waals surface area (Å²) in [5.74, 6) is 0.806. The first-order valence-electron chi connectivity index (χ1n) is 8.55. The molecule has 2 N–H and O–H groups in total. The van der Waals surface area contributed by atoms with Crippen molar-refractivity contribution in [2.75, 3.05) is 23.9 Å². The van der Waals surface area contributed by atoms with Gasteiger partial charge >= 0.3 is 6.09 Å². The van der Waals surface area contributed by atoms with Gasteiger partial charge in [-0.15, -0.1) is 0 Å². The van der Waals surface area contributed by atoms with Gasteiger partial charge in [-0.25, -0.2) is 9.78 Å². The van der Waals surface area contributed by atoms with E-state index >= 15 is 0 Å². The van der Waals surface area contributed by atoms with Gasteiger partial charge in [0, 0.05) is 31.3 Å². The maximum atomic E-state index is 12.1. The van der Waals surface area contributed by atoms with E-state index in [2.05, 4.69) is 30.6 Å². The number of aryl methyl sites for hydroxylation is 1. The van der Waals surface area contributed by atoms with Crippen LogP contribution in [-0.4, -0.2) is 51.0 Å². The summed E-state index contributed by atoms with van der Waals surface area (Å²) in [6.07, 6.45) is 1.36. The number of anilines is 2. The Bertz CT molecular complexity index is 921. The molecule has 0 unspecified atom stereocenters. The second-order valence-corrected chi connectivity index (χ2v) is 5.70. The maximum Gasteiger partial charge on any atom is 0.413 e. The van der Waals surface area contributed by atoms with Crippen LogP contribution in [0.4, 0.5) is 16.2 Å². The van der Waals surface area contributed by atoms with Crippen LogP contribution in [0.1, 0.15) is 19.2 Å². The van der Waals surface area contributed by atoms with Crippen molar-refractivity contribution in [2.45, 2.75) is 19.8 Å². The Labute approximate surface area is 160 Å². The number of hydrogen-bond donors (Lipinski definition) is 2. The zero-order valence-electron chi connectivity index (χ0n) is 15.4. The molecule has 0 bridgehead atoms. The average Bonchev–Trinajstić information content (AvgIpc) is 3.38. The molecule has 0 saturated carbocycles. The Hall–Kier alpha value is -3.76. The maximum absolute atomic E-state index is 12.1. The largest absolute Gasteiger partial charge is 0.449 e. The van der Waals surface area contributed by atoms with E-state index in [0.29, 0.717) is 29.7 Å². The number of carbonyl (C=O) groups excluding carboxylic acids is 2. The van der Waals surface area contributed by atoms with Crippen LogP contribution < -0.4 is 10.2 Å². The van der Waals surface area contributed by atoms with Gasteiger partial charge in [0.2, 0.25) is 17.6 Å². The molecule has 2 aromatic heterocycles. The molecule has 2 heterocycles. The number of aromatic amines is 1. The molecule has 28 heavy (non-hydrogen) atoms. The standard InChI is InChI=1S/C17H19N7O4/c1-3-27-17(26)24(2)12-6-4-11(5-7-12)20-13(25)8-9-14-21-16(23-28-14)15-18-10-19-22-15/h4-7,10H,3,8-9H2,1-2H3,(H,20,25)(H,18,19,22). The zero-order chi connectivity index (χ0) is 19.9. The summed E-state index contributed by atoms with van der Waals surface area (Å²) in [4.78, 5) is 33.3. The van der Waals surface area contributed by atoms with Crippen molar-refractivity contribution < 1.29 is 18.8 Å². The first kappa shape index (κ1) is 19.0. The van der Waals surface area contributed by atoms with Crippen LogP contribution in [0.15, 0.2) is 35.1 Å². The van der Waals surface area contributed by atoms with E-state index in [1.54, 1.807) is 38.2 Å². The highest BCUT2D eigenvalue weighted by Gasteiger charge is 2.14. The summed E-state index contributed by atoms with van der Waals surface area (Å²) >= 11 is 0. The van der Waals surface area contributed by atoms with Crippen LogP contribution in [0.3, 0.4) is 0 Å². The Balaban J connectivity index is 1.50. The van der Waals surface area contributed by atoms with Crippen LogP contribution in [0.25, 0.3) is 11.6 Å². The molecule has 11 nitrogen and oxygen atoms in total. The lowest BCUT2D eigenvalue weighted by molar-refractivity contribution is -0.116. The van der Waals surface area contributed by atoms with E-state index in [-0.39, 0.29) is 24.6 Å². The highest BCUT2D eigenvalue weighted by Crippen LogP contribution is 2.18. The van der Waals surface area contributed by atoms with Crippen molar-refractivity contribution in [3.8, 4) is 11.6 Å². The summed E-state index contributed by atoms with van der Waals surface area (Å²) in [5, 5.41) is 12.9. The zero-order valence-corrected chi connectivity index (χ0v) is 15.4. The molecule has 0 saturated heterocycles. The fourth-order valence-electron chi connectivity index (χ4n) is 2.30. The van der Waals surface area contributed by atoms with Crippen LogP contribution in [-0.2, 0) is 16.0 Å². The third kappa shape index (κ3) is 4.69. The lowest BCUT2D eigenvalue weighted by Gasteiger charge is -2.16. The molecule has 0 aliphatic rings. The Morgan fingerprint density at radius 2 is 2.07 bits per heavy atom. The van der Waals surface area contributed by atoms with E-state index in [9.17, 15) is 9.59 Å². The van der Waals surface area contributed by atoms with Gasteiger partial charge in [-0.2, -0.15) is 10.1 Å². The third-order valence-electron chi connectivity index (χ3n) is 3.74. The number of benzene rings is 1. The van der Waals surface area contributed by atoms with Crippen LogP contribution >= 0.6 is 0 Å². The number of nitrogens with one attached hydrogen (secondary N) is 2. The molecule has 3 aromatic rings. The normalized spacial score (nSPS) is 10.5. The highest BCUT2D eigenvalue weighted by molar-refractivity contribution is 5.92. The highest BCUT2D eigenvalue weighted by atomic mass is 16.6. The number of amides is 2. The van der Waals surface area contributed by atoms with Crippen molar-refractivity contribution >= 4 is 23.4 Å². The van der Waals surface area contributed by atoms with Crippen molar-refractivity contribution in [3.63, 3.8) is 0 Å². The van der Waals surface area contributed by atoms with Gasteiger partial charge in [-0.05, 0) is 31.2 Å². The Morgan fingerprint density at radius 3 is 2.75 bits per heavy atom. The van der Waals surface area contributed by atoms with E-state index < -0.39 is 6.09 Å². The summed E-state index contributed by atoms with van der Waals surface area (Å²) < 4.78 is 10.0. The molecule has 0 atom stereocenters. The second-order valence-electron chi connectivity index (χ2n) is 5.70. The van der Waals surface area contributed by atoms with E-state index in [0.717, 1.165) is 0 Å². The minimum absolute atomic E-state index is 0.169. The number of aromatic nitrogens is 5. The number of nitrogens with zero attached hydrogens (tertiary/aromatic N) is 5. The van der Waals surface area contributed by atoms with Crippen LogP contribution in [0.2, 0.25) is 0 Å². The number of ether oxygens (including phenoxy) is 1. The predicted molar refractivity (Wildman–Crippen MR) is 98.5 cm³/mol. The fraction of sp³-hybridized carbons (Fsp3) is 0.294. The molecular weight excluding hydrogens is 366 g/mol. The monoisotopic (exact) mass is 385 g/mol. The molecule has 11 heteroatoms. The molecule has 1 aromatic carbocycles. The number of rotatable bonds is 7. The van der Waals surface area contributed by atoms with E-state index in [1.807, 2.05) is 0 Å². The topological polar surface area (TPSA) is 139 Å². The molecule has 0 radical (unpaired) electrons. The summed E-state index contributed by atoms with van der Waals surface area (Å²) in [5.41, 5.74) is 1.26. The quantitative estimate of drug-likeness (QED) is 0.630. The lowest BCUT2D eigenvalue weighted by atomic mass is 10.2. The number of carbonyl (C=O) groups is 2. The van der Waals surface area contributed by atoms with Crippen molar-refractivity contribution in [1.29, 1.82) is 0 Å². The first-order valence-corrected chi connectivity index (χ1v) is 8.55. The number of H-pyrrole nitrogens is 1. The molecule has 3 rings (SSSR count). The van der Waals surface area contributed by atoms with Crippen molar-refractivity contribution in [3.05, 3.63) is 36.5 Å². The fourth-order valence-corrected chi connectivity index (χ4v) is 2.30. The molecule has 2 amide bonds.